The molecule has 1 aliphatic rings. The van der Waals surface area contributed by atoms with Gasteiger partial charge >= 0.3 is 0 Å². The van der Waals surface area contributed by atoms with Gasteiger partial charge in [-0.2, -0.15) is 5.26 Å². The predicted octanol–water partition coefficient (Wildman–Crippen LogP) is 4.27. The topological polar surface area (TPSA) is 35.8 Å². The maximum absolute atomic E-state index is 9.60. The van der Waals surface area contributed by atoms with Crippen LogP contribution in [0.15, 0.2) is 30.3 Å². The van der Waals surface area contributed by atoms with Crippen LogP contribution in [0.3, 0.4) is 0 Å². The van der Waals surface area contributed by atoms with Crippen LogP contribution in [0.1, 0.15) is 52.0 Å². The highest BCUT2D eigenvalue weighted by atomic mass is 15.0. The second-order valence-electron chi connectivity index (χ2n) is 7.17. The van der Waals surface area contributed by atoms with Crippen LogP contribution in [0.2, 0.25) is 0 Å². The van der Waals surface area contributed by atoms with Crippen molar-refractivity contribution in [2.45, 2.75) is 58.5 Å². The lowest BCUT2D eigenvalue weighted by atomic mass is 9.67. The first-order chi connectivity index (χ1) is 9.45. The van der Waals surface area contributed by atoms with E-state index in [1.165, 1.54) is 5.56 Å². The quantitative estimate of drug-likeness (QED) is 0.890. The minimum absolute atomic E-state index is 0.322. The van der Waals surface area contributed by atoms with Crippen LogP contribution in [0, 0.1) is 22.7 Å². The van der Waals surface area contributed by atoms with Gasteiger partial charge in [-0.05, 0) is 42.6 Å². The zero-order chi connectivity index (χ0) is 14.6. The van der Waals surface area contributed by atoms with Gasteiger partial charge < -0.3 is 0 Å². The molecule has 0 spiro atoms. The molecule has 0 aliphatic heterocycles. The highest BCUT2D eigenvalue weighted by Gasteiger charge is 2.38. The molecule has 0 aromatic heterocycles. The zero-order valence-electron chi connectivity index (χ0n) is 12.9. The molecule has 0 unspecified atom stereocenters. The van der Waals surface area contributed by atoms with Crippen molar-refractivity contribution in [3.63, 3.8) is 0 Å². The van der Waals surface area contributed by atoms with E-state index >= 15 is 0 Å². The highest BCUT2D eigenvalue weighted by molar-refractivity contribution is 5.17. The molecule has 2 heteroatoms. The Kier molecular flexibility index (Phi) is 4.50. The lowest BCUT2D eigenvalue weighted by molar-refractivity contribution is 0.137. The molecule has 0 saturated heterocycles. The first-order valence-corrected chi connectivity index (χ1v) is 7.65. The standard InChI is InChI=1S/C18H26N2/c1-17(2,3)16-9-11-18(14-19,12-10-16)20-13-15-7-5-4-6-8-15/h4-8,16,20H,9-13H2,1-3H3. The van der Waals surface area contributed by atoms with Gasteiger partial charge in [0.05, 0.1) is 6.07 Å². The van der Waals surface area contributed by atoms with E-state index in [4.69, 9.17) is 0 Å². The summed E-state index contributed by atoms with van der Waals surface area (Å²) in [7, 11) is 0. The van der Waals surface area contributed by atoms with Crippen molar-refractivity contribution in [1.82, 2.24) is 5.32 Å². The van der Waals surface area contributed by atoms with Gasteiger partial charge in [-0.25, -0.2) is 0 Å². The molecule has 0 atom stereocenters. The maximum atomic E-state index is 9.60. The second kappa shape index (κ2) is 5.97. The monoisotopic (exact) mass is 270 g/mol. The van der Waals surface area contributed by atoms with Gasteiger partial charge in [0.15, 0.2) is 0 Å². The third kappa shape index (κ3) is 3.61. The normalized spacial score (nSPS) is 27.0. The average Bonchev–Trinajstić information content (AvgIpc) is 2.46. The second-order valence-corrected chi connectivity index (χ2v) is 7.17. The molecule has 1 saturated carbocycles. The van der Waals surface area contributed by atoms with Crippen LogP contribution >= 0.6 is 0 Å². The summed E-state index contributed by atoms with van der Waals surface area (Å²) in [5, 5.41) is 13.1. The van der Waals surface area contributed by atoms with Gasteiger partial charge in [-0.15, -0.1) is 0 Å². The molecule has 1 fully saturated rings. The smallest absolute Gasteiger partial charge is 0.107 e. The van der Waals surface area contributed by atoms with Gasteiger partial charge in [0.1, 0.15) is 5.54 Å². The van der Waals surface area contributed by atoms with Crippen LogP contribution in [0.5, 0.6) is 0 Å². The van der Waals surface area contributed by atoms with Gasteiger partial charge in [0, 0.05) is 6.54 Å². The molecule has 1 aromatic carbocycles. The lowest BCUT2D eigenvalue weighted by Gasteiger charge is -2.41. The van der Waals surface area contributed by atoms with E-state index in [-0.39, 0.29) is 5.54 Å². The van der Waals surface area contributed by atoms with E-state index in [1.807, 2.05) is 18.2 Å². The first kappa shape index (κ1) is 15.1. The van der Waals surface area contributed by atoms with E-state index in [0.717, 1.165) is 38.1 Å². The summed E-state index contributed by atoms with van der Waals surface area (Å²) in [4.78, 5) is 0. The Morgan fingerprint density at radius 1 is 1.20 bits per heavy atom. The molecule has 0 amide bonds. The Morgan fingerprint density at radius 3 is 2.30 bits per heavy atom. The van der Waals surface area contributed by atoms with E-state index in [1.54, 1.807) is 0 Å². The third-order valence-electron chi connectivity index (χ3n) is 4.75. The summed E-state index contributed by atoms with van der Waals surface area (Å²) in [5.41, 5.74) is 1.29. The summed E-state index contributed by atoms with van der Waals surface area (Å²) in [6.45, 7) is 7.73. The molecule has 0 heterocycles. The summed E-state index contributed by atoms with van der Waals surface area (Å²) in [6.07, 6.45) is 4.24. The Morgan fingerprint density at radius 2 is 1.80 bits per heavy atom. The fourth-order valence-electron chi connectivity index (χ4n) is 3.17. The van der Waals surface area contributed by atoms with Crippen LogP contribution in [-0.2, 0) is 6.54 Å². The van der Waals surface area contributed by atoms with Gasteiger partial charge in [0.2, 0.25) is 0 Å². The van der Waals surface area contributed by atoms with Crippen LogP contribution in [0.4, 0.5) is 0 Å². The number of hydrogen-bond donors (Lipinski definition) is 1. The number of rotatable bonds is 3. The third-order valence-corrected chi connectivity index (χ3v) is 4.75. The molecular formula is C18H26N2. The first-order valence-electron chi connectivity index (χ1n) is 7.65. The molecule has 1 N–H and O–H groups in total. The molecule has 0 bridgehead atoms. The Labute approximate surface area is 123 Å². The molecule has 108 valence electrons. The van der Waals surface area contributed by atoms with Crippen LogP contribution in [0.25, 0.3) is 0 Å². The summed E-state index contributed by atoms with van der Waals surface area (Å²) in [6, 6.07) is 12.9. The maximum Gasteiger partial charge on any atom is 0.107 e. The van der Waals surface area contributed by atoms with Gasteiger partial charge in [0.25, 0.3) is 0 Å². The minimum atomic E-state index is -0.322. The Hall–Kier alpha value is -1.33. The summed E-state index contributed by atoms with van der Waals surface area (Å²) < 4.78 is 0. The number of nitriles is 1. The zero-order valence-corrected chi connectivity index (χ0v) is 12.9. The largest absolute Gasteiger partial charge is 0.295 e. The van der Waals surface area contributed by atoms with Crippen molar-refractivity contribution in [3.05, 3.63) is 35.9 Å². The average molecular weight is 270 g/mol. The van der Waals surface area contributed by atoms with E-state index in [2.05, 4.69) is 44.3 Å². The Bertz CT molecular complexity index is 456. The van der Waals surface area contributed by atoms with E-state index in [9.17, 15) is 5.26 Å². The van der Waals surface area contributed by atoms with Crippen molar-refractivity contribution in [1.29, 1.82) is 5.26 Å². The summed E-state index contributed by atoms with van der Waals surface area (Å²) in [5.74, 6) is 0.738. The predicted molar refractivity (Wildman–Crippen MR) is 83.0 cm³/mol. The highest BCUT2D eigenvalue weighted by Crippen LogP contribution is 2.41. The molecule has 1 aliphatic carbocycles. The van der Waals surface area contributed by atoms with Gasteiger partial charge in [-0.3, -0.25) is 5.32 Å². The van der Waals surface area contributed by atoms with Gasteiger partial charge in [-0.1, -0.05) is 51.1 Å². The van der Waals surface area contributed by atoms with E-state index in [0.29, 0.717) is 5.41 Å². The Balaban J connectivity index is 1.94. The number of benzene rings is 1. The SMILES string of the molecule is CC(C)(C)C1CCC(C#N)(NCc2ccccc2)CC1. The van der Waals surface area contributed by atoms with Crippen molar-refractivity contribution in [2.24, 2.45) is 11.3 Å². The van der Waals surface area contributed by atoms with Crippen LogP contribution < -0.4 is 5.32 Å². The number of hydrogen-bond acceptors (Lipinski definition) is 2. The molecule has 0 radical (unpaired) electrons. The molecular weight excluding hydrogens is 244 g/mol. The number of nitrogens with one attached hydrogen (secondary N) is 1. The van der Waals surface area contributed by atoms with Crippen molar-refractivity contribution < 1.29 is 0 Å². The van der Waals surface area contributed by atoms with Crippen molar-refractivity contribution in [2.75, 3.05) is 0 Å². The van der Waals surface area contributed by atoms with Crippen LogP contribution in [-0.4, -0.2) is 5.54 Å². The molecule has 1 aromatic rings. The molecule has 2 rings (SSSR count). The van der Waals surface area contributed by atoms with Crippen molar-refractivity contribution in [3.8, 4) is 6.07 Å². The van der Waals surface area contributed by atoms with Crippen molar-refractivity contribution >= 4 is 0 Å². The fraction of sp³-hybridized carbons (Fsp3) is 0.611. The fourth-order valence-corrected chi connectivity index (χ4v) is 3.17. The summed E-state index contributed by atoms with van der Waals surface area (Å²) >= 11 is 0. The minimum Gasteiger partial charge on any atom is -0.295 e. The number of nitrogens with zero attached hydrogens (tertiary/aromatic N) is 1. The molecule has 20 heavy (non-hydrogen) atoms. The van der Waals surface area contributed by atoms with E-state index < -0.39 is 0 Å². The molecule has 2 nitrogen and oxygen atoms in total. The lowest BCUT2D eigenvalue weighted by Crippen LogP contribution is -2.47.